The molecule has 3 heterocycles. The van der Waals surface area contributed by atoms with Crippen LogP contribution in [0.3, 0.4) is 0 Å². The third kappa shape index (κ3) is 3.77. The molecule has 0 saturated carbocycles. The highest BCUT2D eigenvalue weighted by Gasteiger charge is 2.36. The Hall–Kier alpha value is -1.89. The van der Waals surface area contributed by atoms with Crippen LogP contribution >= 0.6 is 0 Å². The lowest BCUT2D eigenvalue weighted by atomic mass is 10.00. The summed E-state index contributed by atoms with van der Waals surface area (Å²) < 4.78 is 1.73. The van der Waals surface area contributed by atoms with E-state index in [0.29, 0.717) is 0 Å². The summed E-state index contributed by atoms with van der Waals surface area (Å²) in [6, 6.07) is -0.0747. The summed E-state index contributed by atoms with van der Waals surface area (Å²) in [5.41, 5.74) is 0.879. The Morgan fingerprint density at radius 1 is 1.19 bits per heavy atom. The Labute approximate surface area is 155 Å². The molecule has 2 amide bonds. The van der Waals surface area contributed by atoms with E-state index in [4.69, 9.17) is 0 Å². The average Bonchev–Trinajstić information content (AvgIpc) is 3.09. The van der Waals surface area contributed by atoms with Gasteiger partial charge in [0.1, 0.15) is 0 Å². The summed E-state index contributed by atoms with van der Waals surface area (Å²) in [7, 11) is 1.87. The van der Waals surface area contributed by atoms with Gasteiger partial charge in [-0.3, -0.25) is 19.2 Å². The molecule has 1 aromatic rings. The van der Waals surface area contributed by atoms with Crippen molar-refractivity contribution >= 4 is 17.5 Å². The number of aromatic nitrogens is 2. The van der Waals surface area contributed by atoms with Crippen LogP contribution in [0.2, 0.25) is 0 Å². The van der Waals surface area contributed by atoms with E-state index in [9.17, 15) is 9.59 Å². The van der Waals surface area contributed by atoms with Crippen molar-refractivity contribution in [2.24, 2.45) is 13.0 Å². The molecule has 0 bridgehead atoms. The number of carbonyl (C=O) groups is 2. The first-order valence-corrected chi connectivity index (χ1v) is 9.88. The van der Waals surface area contributed by atoms with Crippen molar-refractivity contribution in [3.63, 3.8) is 0 Å². The molecule has 0 N–H and O–H groups in total. The Kier molecular flexibility index (Phi) is 5.96. The molecule has 1 unspecified atom stereocenters. The lowest BCUT2D eigenvalue weighted by Gasteiger charge is -2.42. The molecule has 7 nitrogen and oxygen atoms in total. The number of aryl methyl sites for hydroxylation is 1. The minimum absolute atomic E-state index is 0.0747. The molecule has 26 heavy (non-hydrogen) atoms. The van der Waals surface area contributed by atoms with Crippen LogP contribution in [0.25, 0.3) is 0 Å². The van der Waals surface area contributed by atoms with E-state index in [1.807, 2.05) is 23.0 Å². The third-order valence-corrected chi connectivity index (χ3v) is 5.81. The van der Waals surface area contributed by atoms with Crippen LogP contribution in [0, 0.1) is 5.92 Å². The van der Waals surface area contributed by atoms with Gasteiger partial charge in [0, 0.05) is 51.9 Å². The number of amides is 2. The lowest BCUT2D eigenvalue weighted by molar-refractivity contribution is -0.138. The molecule has 2 aliphatic rings. The van der Waals surface area contributed by atoms with Gasteiger partial charge in [-0.2, -0.15) is 5.10 Å². The Morgan fingerprint density at radius 2 is 1.88 bits per heavy atom. The van der Waals surface area contributed by atoms with E-state index in [0.717, 1.165) is 64.1 Å². The van der Waals surface area contributed by atoms with Crippen LogP contribution in [0.4, 0.5) is 5.69 Å². The zero-order valence-electron chi connectivity index (χ0n) is 16.2. The van der Waals surface area contributed by atoms with E-state index >= 15 is 0 Å². The summed E-state index contributed by atoms with van der Waals surface area (Å²) in [5.74, 6) is 0.588. The van der Waals surface area contributed by atoms with Gasteiger partial charge in [-0.25, -0.2) is 0 Å². The van der Waals surface area contributed by atoms with E-state index < -0.39 is 0 Å². The van der Waals surface area contributed by atoms with Gasteiger partial charge in [-0.05, 0) is 25.7 Å². The van der Waals surface area contributed by atoms with Crippen LogP contribution in [-0.2, 0) is 16.6 Å². The van der Waals surface area contributed by atoms with E-state index in [-0.39, 0.29) is 23.8 Å². The van der Waals surface area contributed by atoms with Crippen LogP contribution in [0.15, 0.2) is 12.4 Å². The van der Waals surface area contributed by atoms with Gasteiger partial charge in [-0.15, -0.1) is 0 Å². The minimum atomic E-state index is -0.0747. The van der Waals surface area contributed by atoms with Crippen LogP contribution in [-0.4, -0.2) is 70.2 Å². The van der Waals surface area contributed by atoms with Crippen molar-refractivity contribution in [3.05, 3.63) is 12.4 Å². The SMILES string of the molecule is CCC(CC)C(=O)N1CCN(C2CCCN(c3cnn(C)c3)C2=O)CC1. The molecule has 7 heteroatoms. The van der Waals surface area contributed by atoms with Crippen LogP contribution in [0.5, 0.6) is 0 Å². The van der Waals surface area contributed by atoms with Gasteiger partial charge in [0.25, 0.3) is 0 Å². The average molecular weight is 361 g/mol. The molecule has 1 atom stereocenters. The maximum atomic E-state index is 13.0. The van der Waals surface area contributed by atoms with Gasteiger partial charge >= 0.3 is 0 Å². The summed E-state index contributed by atoms with van der Waals surface area (Å²) in [4.78, 5) is 31.7. The molecule has 0 aliphatic carbocycles. The molecule has 3 rings (SSSR count). The maximum Gasteiger partial charge on any atom is 0.244 e. The number of carbonyl (C=O) groups excluding carboxylic acids is 2. The standard InChI is InChI=1S/C19H31N5O2/c1-4-15(5-2)18(25)23-11-9-22(10-12-23)17-7-6-8-24(19(17)26)16-13-20-21(3)14-16/h13-15,17H,4-12H2,1-3H3. The van der Waals surface area contributed by atoms with Crippen molar-refractivity contribution in [3.8, 4) is 0 Å². The molecule has 1 aromatic heterocycles. The minimum Gasteiger partial charge on any atom is -0.340 e. The highest BCUT2D eigenvalue weighted by atomic mass is 16.2. The zero-order valence-corrected chi connectivity index (χ0v) is 16.2. The second kappa shape index (κ2) is 8.20. The van der Waals surface area contributed by atoms with Gasteiger partial charge in [-0.1, -0.05) is 13.8 Å². The number of rotatable bonds is 5. The van der Waals surface area contributed by atoms with Crippen molar-refractivity contribution in [2.45, 2.75) is 45.6 Å². The summed E-state index contributed by atoms with van der Waals surface area (Å²) in [6.07, 6.45) is 7.35. The molecular weight excluding hydrogens is 330 g/mol. The molecule has 2 fully saturated rings. The summed E-state index contributed by atoms with van der Waals surface area (Å²) in [5, 5.41) is 4.19. The first-order valence-electron chi connectivity index (χ1n) is 9.88. The number of anilines is 1. The fourth-order valence-corrected chi connectivity index (χ4v) is 4.15. The maximum absolute atomic E-state index is 13.0. The van der Waals surface area contributed by atoms with Gasteiger partial charge in [0.15, 0.2) is 0 Å². The smallest absolute Gasteiger partial charge is 0.244 e. The molecule has 0 spiro atoms. The second-order valence-corrected chi connectivity index (χ2v) is 7.39. The predicted molar refractivity (Wildman–Crippen MR) is 101 cm³/mol. The van der Waals surface area contributed by atoms with Crippen molar-refractivity contribution < 1.29 is 9.59 Å². The van der Waals surface area contributed by atoms with E-state index in [1.165, 1.54) is 0 Å². The Bertz CT molecular complexity index is 632. The third-order valence-electron chi connectivity index (χ3n) is 5.81. The number of nitrogens with zero attached hydrogens (tertiary/aromatic N) is 5. The van der Waals surface area contributed by atoms with E-state index in [1.54, 1.807) is 10.9 Å². The zero-order chi connectivity index (χ0) is 18.7. The normalized spacial score (nSPS) is 22.3. The monoisotopic (exact) mass is 361 g/mol. The highest BCUT2D eigenvalue weighted by Crippen LogP contribution is 2.24. The fraction of sp³-hybridized carbons (Fsp3) is 0.737. The number of piperidine rings is 1. The largest absolute Gasteiger partial charge is 0.340 e. The summed E-state index contributed by atoms with van der Waals surface area (Å²) in [6.45, 7) is 7.94. The van der Waals surface area contributed by atoms with Crippen LogP contribution < -0.4 is 4.90 Å². The Balaban J connectivity index is 1.60. The molecule has 0 aromatic carbocycles. The van der Waals surface area contributed by atoms with Gasteiger partial charge in [0.05, 0.1) is 17.9 Å². The molecular formula is C19H31N5O2. The van der Waals surface area contributed by atoms with Gasteiger partial charge in [0.2, 0.25) is 11.8 Å². The number of hydrogen-bond acceptors (Lipinski definition) is 4. The Morgan fingerprint density at radius 3 is 2.46 bits per heavy atom. The van der Waals surface area contributed by atoms with Crippen molar-refractivity contribution in [2.75, 3.05) is 37.6 Å². The first kappa shape index (κ1) is 18.9. The lowest BCUT2D eigenvalue weighted by Crippen LogP contribution is -2.58. The molecule has 2 aliphatic heterocycles. The molecule has 0 radical (unpaired) electrons. The number of hydrogen-bond donors (Lipinski definition) is 0. The molecule has 144 valence electrons. The van der Waals surface area contributed by atoms with Gasteiger partial charge < -0.3 is 9.80 Å². The van der Waals surface area contributed by atoms with Crippen LogP contribution in [0.1, 0.15) is 39.5 Å². The highest BCUT2D eigenvalue weighted by molar-refractivity contribution is 5.97. The second-order valence-electron chi connectivity index (χ2n) is 7.39. The number of piperazine rings is 1. The first-order chi connectivity index (χ1) is 12.5. The quantitative estimate of drug-likeness (QED) is 0.797. The molecule has 2 saturated heterocycles. The van der Waals surface area contributed by atoms with Crippen molar-refractivity contribution in [1.29, 1.82) is 0 Å². The van der Waals surface area contributed by atoms with E-state index in [2.05, 4.69) is 23.8 Å². The topological polar surface area (TPSA) is 61.7 Å². The fourth-order valence-electron chi connectivity index (χ4n) is 4.15. The predicted octanol–water partition coefficient (Wildman–Crippen LogP) is 1.50. The van der Waals surface area contributed by atoms with Crippen molar-refractivity contribution in [1.82, 2.24) is 19.6 Å². The summed E-state index contributed by atoms with van der Waals surface area (Å²) >= 11 is 0.